The average Bonchev–Trinajstić information content (AvgIpc) is 2.19. The zero-order valence-electron chi connectivity index (χ0n) is 9.37. The first kappa shape index (κ1) is 14.2. The minimum atomic E-state index is -4.56. The van der Waals surface area contributed by atoms with Gasteiger partial charge in [0.1, 0.15) is 5.75 Å². The van der Waals surface area contributed by atoms with E-state index in [4.69, 9.17) is 9.47 Å². The van der Waals surface area contributed by atoms with Gasteiger partial charge in [-0.1, -0.05) is 0 Å². The molecule has 4 nitrogen and oxygen atoms in total. The van der Waals surface area contributed by atoms with Gasteiger partial charge in [0.25, 0.3) is 0 Å². The quantitative estimate of drug-likeness (QED) is 0.780. The summed E-state index contributed by atoms with van der Waals surface area (Å²) in [7, 11) is -3.13. The van der Waals surface area contributed by atoms with Crippen LogP contribution in [0.2, 0.25) is 0 Å². The molecule has 0 fully saturated rings. The molecule has 0 spiro atoms. The van der Waals surface area contributed by atoms with Crippen LogP contribution in [0.5, 0.6) is 11.5 Å². The summed E-state index contributed by atoms with van der Waals surface area (Å²) < 4.78 is 44.6. The molecule has 0 aliphatic rings. The van der Waals surface area contributed by atoms with E-state index in [1.54, 1.807) is 0 Å². The molecule has 0 saturated heterocycles. The number of benzene rings is 1. The SMILES string of the molecule is CCOc1c(Br)cc(CS(=O)(=O)F)cc1OC. The van der Waals surface area contributed by atoms with Crippen LogP contribution in [0.4, 0.5) is 3.89 Å². The Balaban J connectivity index is 3.17. The first-order valence-electron chi connectivity index (χ1n) is 4.79. The van der Waals surface area contributed by atoms with E-state index < -0.39 is 16.0 Å². The summed E-state index contributed by atoms with van der Waals surface area (Å²) in [5.74, 6) is 0.142. The Morgan fingerprint density at radius 2 is 2.06 bits per heavy atom. The summed E-state index contributed by atoms with van der Waals surface area (Å²) in [6.07, 6.45) is 0. The van der Waals surface area contributed by atoms with Crippen molar-refractivity contribution < 1.29 is 21.8 Å². The highest BCUT2D eigenvalue weighted by atomic mass is 79.9. The molecule has 0 radical (unpaired) electrons. The molecule has 0 aromatic heterocycles. The first-order chi connectivity index (χ1) is 7.87. The van der Waals surface area contributed by atoms with Gasteiger partial charge in [0.05, 0.1) is 18.2 Å². The summed E-state index contributed by atoms with van der Waals surface area (Å²) in [6, 6.07) is 2.93. The van der Waals surface area contributed by atoms with E-state index in [2.05, 4.69) is 15.9 Å². The predicted molar refractivity (Wildman–Crippen MR) is 65.6 cm³/mol. The predicted octanol–water partition coefficient (Wildman–Crippen LogP) is 2.66. The van der Waals surface area contributed by atoms with Crippen molar-refractivity contribution in [3.05, 3.63) is 22.2 Å². The monoisotopic (exact) mass is 326 g/mol. The third-order valence-corrected chi connectivity index (χ3v) is 3.18. The molecule has 1 aromatic carbocycles. The van der Waals surface area contributed by atoms with Gasteiger partial charge in [-0.2, -0.15) is 8.42 Å². The number of halogens is 2. The molecule has 0 unspecified atom stereocenters. The fraction of sp³-hybridized carbons (Fsp3) is 0.400. The molecular formula is C10H12BrFO4S. The highest BCUT2D eigenvalue weighted by Gasteiger charge is 2.15. The summed E-state index contributed by atoms with van der Waals surface area (Å²) in [6.45, 7) is 2.25. The van der Waals surface area contributed by atoms with Crippen LogP contribution < -0.4 is 9.47 Å². The van der Waals surface area contributed by atoms with Crippen molar-refractivity contribution in [1.29, 1.82) is 0 Å². The maximum atomic E-state index is 12.6. The lowest BCUT2D eigenvalue weighted by Gasteiger charge is -2.12. The Hall–Kier alpha value is -0.820. The smallest absolute Gasteiger partial charge is 0.306 e. The Morgan fingerprint density at radius 1 is 1.41 bits per heavy atom. The normalized spacial score (nSPS) is 11.3. The van der Waals surface area contributed by atoms with Crippen LogP contribution in [0.3, 0.4) is 0 Å². The van der Waals surface area contributed by atoms with E-state index >= 15 is 0 Å². The zero-order chi connectivity index (χ0) is 13.1. The molecule has 0 heterocycles. The largest absolute Gasteiger partial charge is 0.493 e. The van der Waals surface area contributed by atoms with E-state index in [0.29, 0.717) is 28.1 Å². The van der Waals surface area contributed by atoms with Crippen molar-refractivity contribution in [2.45, 2.75) is 12.7 Å². The van der Waals surface area contributed by atoms with Gasteiger partial charge in [-0.3, -0.25) is 0 Å². The van der Waals surface area contributed by atoms with Crippen LogP contribution in [0.1, 0.15) is 12.5 Å². The Labute approximate surface area is 108 Å². The number of rotatable bonds is 5. The molecule has 0 amide bonds. The lowest BCUT2D eigenvalue weighted by atomic mass is 10.2. The molecular weight excluding hydrogens is 315 g/mol. The second kappa shape index (κ2) is 5.68. The molecule has 17 heavy (non-hydrogen) atoms. The van der Waals surface area contributed by atoms with Gasteiger partial charge in [-0.25, -0.2) is 0 Å². The molecule has 1 rings (SSSR count). The average molecular weight is 327 g/mol. The molecule has 0 aliphatic carbocycles. The lowest BCUT2D eigenvalue weighted by Crippen LogP contribution is -2.00. The van der Waals surface area contributed by atoms with Crippen LogP contribution >= 0.6 is 15.9 Å². The van der Waals surface area contributed by atoms with Crippen LogP contribution in [0, 0.1) is 0 Å². The highest BCUT2D eigenvalue weighted by molar-refractivity contribution is 9.10. The van der Waals surface area contributed by atoms with Gasteiger partial charge >= 0.3 is 10.2 Å². The maximum absolute atomic E-state index is 12.6. The third-order valence-electron chi connectivity index (χ3n) is 1.92. The topological polar surface area (TPSA) is 52.6 Å². The highest BCUT2D eigenvalue weighted by Crippen LogP contribution is 2.37. The van der Waals surface area contributed by atoms with Crippen LogP contribution in [-0.4, -0.2) is 22.1 Å². The van der Waals surface area contributed by atoms with Crippen molar-refractivity contribution >= 4 is 26.2 Å². The number of ether oxygens (including phenoxy) is 2. The Bertz CT molecular complexity index is 501. The molecule has 0 bridgehead atoms. The molecule has 96 valence electrons. The van der Waals surface area contributed by atoms with E-state index in [-0.39, 0.29) is 0 Å². The van der Waals surface area contributed by atoms with Crippen molar-refractivity contribution in [2.75, 3.05) is 13.7 Å². The second-order valence-corrected chi connectivity index (χ2v) is 5.45. The van der Waals surface area contributed by atoms with Crippen LogP contribution in [0.25, 0.3) is 0 Å². The maximum Gasteiger partial charge on any atom is 0.306 e. The van der Waals surface area contributed by atoms with Crippen LogP contribution in [0.15, 0.2) is 16.6 Å². The summed E-state index contributed by atoms with van der Waals surface area (Å²) >= 11 is 3.23. The van der Waals surface area contributed by atoms with Gasteiger partial charge in [0, 0.05) is 0 Å². The van der Waals surface area contributed by atoms with Gasteiger partial charge < -0.3 is 9.47 Å². The van der Waals surface area contributed by atoms with E-state index in [0.717, 1.165) is 0 Å². The first-order valence-corrected chi connectivity index (χ1v) is 7.13. The number of hydrogen-bond donors (Lipinski definition) is 0. The fourth-order valence-electron chi connectivity index (χ4n) is 1.34. The van der Waals surface area contributed by atoms with Crippen molar-refractivity contribution in [1.82, 2.24) is 0 Å². The molecule has 0 atom stereocenters. The fourth-order valence-corrected chi connectivity index (χ4v) is 2.51. The summed E-state index contributed by atoms with van der Waals surface area (Å²) in [5.41, 5.74) is 0.291. The Morgan fingerprint density at radius 3 is 2.53 bits per heavy atom. The minimum Gasteiger partial charge on any atom is -0.493 e. The zero-order valence-corrected chi connectivity index (χ0v) is 11.8. The van der Waals surface area contributed by atoms with Gasteiger partial charge in [-0.15, -0.1) is 3.89 Å². The van der Waals surface area contributed by atoms with E-state index in [1.807, 2.05) is 6.92 Å². The van der Waals surface area contributed by atoms with E-state index in [1.165, 1.54) is 19.2 Å². The third kappa shape index (κ3) is 4.16. The molecule has 0 N–H and O–H groups in total. The standard InChI is InChI=1S/C10H12BrFO4S/c1-3-16-10-8(11)4-7(5-9(10)15-2)6-17(12,13)14/h4-5H,3,6H2,1-2H3. The molecule has 7 heteroatoms. The number of methoxy groups -OCH3 is 1. The van der Waals surface area contributed by atoms with Gasteiger partial charge in [0.15, 0.2) is 11.5 Å². The molecule has 1 aromatic rings. The van der Waals surface area contributed by atoms with Crippen LogP contribution in [-0.2, 0) is 16.0 Å². The lowest BCUT2D eigenvalue weighted by molar-refractivity contribution is 0.308. The van der Waals surface area contributed by atoms with Crippen molar-refractivity contribution in [2.24, 2.45) is 0 Å². The van der Waals surface area contributed by atoms with Gasteiger partial charge in [-0.05, 0) is 40.5 Å². The summed E-state index contributed by atoms with van der Waals surface area (Å²) in [4.78, 5) is 0. The van der Waals surface area contributed by atoms with Crippen molar-refractivity contribution in [3.8, 4) is 11.5 Å². The van der Waals surface area contributed by atoms with E-state index in [9.17, 15) is 12.3 Å². The second-order valence-electron chi connectivity index (χ2n) is 3.23. The molecule has 0 aliphatic heterocycles. The van der Waals surface area contributed by atoms with Gasteiger partial charge in [0.2, 0.25) is 0 Å². The molecule has 0 saturated carbocycles. The number of hydrogen-bond acceptors (Lipinski definition) is 4. The minimum absolute atomic E-state index is 0.291. The van der Waals surface area contributed by atoms with Crippen molar-refractivity contribution in [3.63, 3.8) is 0 Å². The Kier molecular flexibility index (Phi) is 4.76. The summed E-state index contributed by atoms with van der Waals surface area (Å²) in [5, 5.41) is 0.